The zero-order valence-electron chi connectivity index (χ0n) is 8.15. The summed E-state index contributed by atoms with van der Waals surface area (Å²) >= 11 is 1.52. The second kappa shape index (κ2) is 5.57. The van der Waals surface area contributed by atoms with Crippen LogP contribution in [0.25, 0.3) is 0 Å². The van der Waals surface area contributed by atoms with Crippen molar-refractivity contribution < 1.29 is 0 Å². The Hall–Kier alpha value is -1.13. The maximum Gasteiger partial charge on any atom is 0.180 e. The lowest BCUT2D eigenvalue weighted by Gasteiger charge is -2.16. The van der Waals surface area contributed by atoms with Crippen LogP contribution in [0.15, 0.2) is 31.5 Å². The Balaban J connectivity index is 2.53. The molecule has 14 heavy (non-hydrogen) atoms. The van der Waals surface area contributed by atoms with Gasteiger partial charge in [-0.05, 0) is 0 Å². The molecule has 1 aromatic heterocycles. The Labute approximate surface area is 88.6 Å². The molecule has 4 heteroatoms. The van der Waals surface area contributed by atoms with Crippen molar-refractivity contribution in [3.8, 4) is 0 Å². The molecule has 0 aromatic carbocycles. The largest absolute Gasteiger partial charge is 0.375 e. The average molecular weight is 209 g/mol. The SMILES string of the molecule is C=CCN(CC=C)Cc1cnc(N)s1. The van der Waals surface area contributed by atoms with Gasteiger partial charge in [-0.3, -0.25) is 4.90 Å². The molecule has 0 bridgehead atoms. The monoisotopic (exact) mass is 209 g/mol. The molecule has 0 radical (unpaired) electrons. The third-order valence-corrected chi connectivity index (χ3v) is 2.54. The standard InChI is InChI=1S/C10H15N3S/c1-3-5-13(6-4-2)8-9-7-12-10(11)14-9/h3-4,7H,1-2,5-6,8H2,(H2,11,12). The molecule has 1 aromatic rings. The summed E-state index contributed by atoms with van der Waals surface area (Å²) in [7, 11) is 0. The third-order valence-electron chi connectivity index (χ3n) is 1.73. The van der Waals surface area contributed by atoms with Crippen molar-refractivity contribution in [2.75, 3.05) is 18.8 Å². The molecule has 0 unspecified atom stereocenters. The van der Waals surface area contributed by atoms with Crippen LogP contribution in [0.1, 0.15) is 4.88 Å². The van der Waals surface area contributed by atoms with E-state index in [0.29, 0.717) is 5.13 Å². The summed E-state index contributed by atoms with van der Waals surface area (Å²) in [4.78, 5) is 7.40. The van der Waals surface area contributed by atoms with Crippen LogP contribution in [-0.4, -0.2) is 23.0 Å². The minimum absolute atomic E-state index is 0.622. The molecule has 0 fully saturated rings. The van der Waals surface area contributed by atoms with Crippen LogP contribution in [0.3, 0.4) is 0 Å². The number of nitrogen functional groups attached to an aromatic ring is 1. The first kappa shape index (κ1) is 10.9. The van der Waals surface area contributed by atoms with Crippen molar-refractivity contribution in [3.63, 3.8) is 0 Å². The summed E-state index contributed by atoms with van der Waals surface area (Å²) in [6.45, 7) is 9.99. The molecule has 2 N–H and O–H groups in total. The minimum Gasteiger partial charge on any atom is -0.375 e. The first-order valence-corrected chi connectivity index (χ1v) is 5.22. The molecule has 0 atom stereocenters. The number of thiazole rings is 1. The maximum absolute atomic E-state index is 5.55. The summed E-state index contributed by atoms with van der Waals surface area (Å²) in [6, 6.07) is 0. The van der Waals surface area contributed by atoms with Gasteiger partial charge in [0.1, 0.15) is 0 Å². The van der Waals surface area contributed by atoms with E-state index < -0.39 is 0 Å². The predicted octanol–water partition coefficient (Wildman–Crippen LogP) is 1.90. The number of nitrogens with two attached hydrogens (primary N) is 1. The number of hydrogen-bond donors (Lipinski definition) is 1. The highest BCUT2D eigenvalue weighted by atomic mass is 32.1. The molecule has 0 spiro atoms. The van der Waals surface area contributed by atoms with Gasteiger partial charge in [-0.25, -0.2) is 4.98 Å². The number of rotatable bonds is 6. The van der Waals surface area contributed by atoms with E-state index in [-0.39, 0.29) is 0 Å². The molecule has 1 heterocycles. The van der Waals surface area contributed by atoms with Gasteiger partial charge in [0.15, 0.2) is 5.13 Å². The van der Waals surface area contributed by atoms with Crippen molar-refractivity contribution in [1.29, 1.82) is 0 Å². The second-order valence-electron chi connectivity index (χ2n) is 2.94. The molecular weight excluding hydrogens is 194 g/mol. The predicted molar refractivity (Wildman–Crippen MR) is 62.2 cm³/mol. The Morgan fingerprint density at radius 3 is 2.50 bits per heavy atom. The average Bonchev–Trinajstić information content (AvgIpc) is 2.52. The third kappa shape index (κ3) is 3.32. The first-order chi connectivity index (χ1) is 6.76. The quantitative estimate of drug-likeness (QED) is 0.728. The molecule has 0 aliphatic heterocycles. The van der Waals surface area contributed by atoms with Gasteiger partial charge in [0.2, 0.25) is 0 Å². The van der Waals surface area contributed by atoms with Crippen molar-refractivity contribution in [1.82, 2.24) is 9.88 Å². The molecule has 0 saturated heterocycles. The van der Waals surface area contributed by atoms with Crippen LogP contribution in [0.2, 0.25) is 0 Å². The highest BCUT2D eigenvalue weighted by Gasteiger charge is 2.04. The fraction of sp³-hybridized carbons (Fsp3) is 0.300. The van der Waals surface area contributed by atoms with Gasteiger partial charge in [0.25, 0.3) is 0 Å². The minimum atomic E-state index is 0.622. The lowest BCUT2D eigenvalue weighted by Crippen LogP contribution is -2.22. The van der Waals surface area contributed by atoms with Crippen molar-refractivity contribution in [3.05, 3.63) is 36.4 Å². The normalized spacial score (nSPS) is 10.4. The van der Waals surface area contributed by atoms with Gasteiger partial charge in [-0.1, -0.05) is 12.2 Å². The summed E-state index contributed by atoms with van der Waals surface area (Å²) in [5.74, 6) is 0. The lowest BCUT2D eigenvalue weighted by atomic mass is 10.4. The summed E-state index contributed by atoms with van der Waals surface area (Å²) in [5, 5.41) is 0.622. The number of anilines is 1. The molecular formula is C10H15N3S. The van der Waals surface area contributed by atoms with Crippen LogP contribution in [0.4, 0.5) is 5.13 Å². The molecule has 1 rings (SSSR count). The van der Waals surface area contributed by atoms with E-state index in [4.69, 9.17) is 5.73 Å². The second-order valence-corrected chi connectivity index (χ2v) is 4.08. The van der Waals surface area contributed by atoms with E-state index in [1.165, 1.54) is 16.2 Å². The fourth-order valence-corrected chi connectivity index (χ4v) is 1.91. The van der Waals surface area contributed by atoms with E-state index in [0.717, 1.165) is 19.6 Å². The van der Waals surface area contributed by atoms with E-state index in [9.17, 15) is 0 Å². The van der Waals surface area contributed by atoms with Crippen molar-refractivity contribution >= 4 is 16.5 Å². The highest BCUT2D eigenvalue weighted by Crippen LogP contribution is 2.16. The van der Waals surface area contributed by atoms with Gasteiger partial charge in [-0.15, -0.1) is 24.5 Å². The number of nitrogens with zero attached hydrogens (tertiary/aromatic N) is 2. The van der Waals surface area contributed by atoms with Gasteiger partial charge < -0.3 is 5.73 Å². The fourth-order valence-electron chi connectivity index (χ4n) is 1.18. The van der Waals surface area contributed by atoms with Crippen LogP contribution in [0.5, 0.6) is 0 Å². The van der Waals surface area contributed by atoms with Gasteiger partial charge in [0.05, 0.1) is 0 Å². The first-order valence-electron chi connectivity index (χ1n) is 4.40. The van der Waals surface area contributed by atoms with Crippen LogP contribution in [0, 0.1) is 0 Å². The number of aromatic nitrogens is 1. The zero-order valence-corrected chi connectivity index (χ0v) is 8.96. The van der Waals surface area contributed by atoms with E-state index in [2.05, 4.69) is 23.0 Å². The van der Waals surface area contributed by atoms with Crippen molar-refractivity contribution in [2.45, 2.75) is 6.54 Å². The Kier molecular flexibility index (Phi) is 4.35. The topological polar surface area (TPSA) is 42.2 Å². The molecule has 76 valence electrons. The van der Waals surface area contributed by atoms with Crippen LogP contribution in [-0.2, 0) is 6.54 Å². The molecule has 3 nitrogen and oxygen atoms in total. The lowest BCUT2D eigenvalue weighted by molar-refractivity contribution is 0.330. The summed E-state index contributed by atoms with van der Waals surface area (Å²) in [5.41, 5.74) is 5.55. The van der Waals surface area contributed by atoms with Gasteiger partial charge in [-0.2, -0.15) is 0 Å². The van der Waals surface area contributed by atoms with Gasteiger partial charge >= 0.3 is 0 Å². The summed E-state index contributed by atoms with van der Waals surface area (Å²) in [6.07, 6.45) is 5.58. The Morgan fingerprint density at radius 1 is 1.43 bits per heavy atom. The highest BCUT2D eigenvalue weighted by molar-refractivity contribution is 7.15. The van der Waals surface area contributed by atoms with Crippen LogP contribution >= 0.6 is 11.3 Å². The van der Waals surface area contributed by atoms with E-state index >= 15 is 0 Å². The molecule has 0 aliphatic rings. The van der Waals surface area contributed by atoms with Crippen molar-refractivity contribution in [2.24, 2.45) is 0 Å². The summed E-state index contributed by atoms with van der Waals surface area (Å²) < 4.78 is 0. The number of hydrogen-bond acceptors (Lipinski definition) is 4. The Bertz CT molecular complexity index is 296. The molecule has 0 amide bonds. The van der Waals surface area contributed by atoms with E-state index in [1.807, 2.05) is 18.3 Å². The van der Waals surface area contributed by atoms with Crippen LogP contribution < -0.4 is 5.73 Å². The maximum atomic E-state index is 5.55. The smallest absolute Gasteiger partial charge is 0.180 e. The van der Waals surface area contributed by atoms with E-state index in [1.54, 1.807) is 0 Å². The molecule has 0 aliphatic carbocycles. The van der Waals surface area contributed by atoms with Gasteiger partial charge in [0, 0.05) is 30.7 Å². The Morgan fingerprint density at radius 2 is 2.07 bits per heavy atom. The zero-order chi connectivity index (χ0) is 10.4. The molecule has 0 saturated carbocycles.